The van der Waals surface area contributed by atoms with Crippen LogP contribution in [0.25, 0.3) is 0 Å². The first-order chi connectivity index (χ1) is 11.2. The number of nitrogens with one attached hydrogen (secondary N) is 3. The third-order valence-electron chi connectivity index (χ3n) is 4.63. The molecule has 2 fully saturated rings. The van der Waals surface area contributed by atoms with Crippen molar-refractivity contribution in [3.05, 3.63) is 30.3 Å². The Morgan fingerprint density at radius 1 is 1.17 bits per heavy atom. The molecule has 1 aromatic carbocycles. The van der Waals surface area contributed by atoms with E-state index in [2.05, 4.69) is 63.2 Å². The van der Waals surface area contributed by atoms with Gasteiger partial charge in [0, 0.05) is 51.0 Å². The average molecular weight is 317 g/mol. The predicted molar refractivity (Wildman–Crippen MR) is 92.2 cm³/mol. The van der Waals surface area contributed by atoms with Crippen LogP contribution in [0.4, 0.5) is 5.69 Å². The maximum absolute atomic E-state index is 12.0. The molecule has 0 spiro atoms. The van der Waals surface area contributed by atoms with E-state index in [1.165, 1.54) is 5.69 Å². The van der Waals surface area contributed by atoms with Crippen LogP contribution in [0.5, 0.6) is 0 Å². The lowest BCUT2D eigenvalue weighted by Gasteiger charge is -2.36. The van der Waals surface area contributed by atoms with Crippen molar-refractivity contribution in [2.24, 2.45) is 0 Å². The van der Waals surface area contributed by atoms with Gasteiger partial charge in [0.1, 0.15) is 6.04 Å². The molecular formula is C17H27N5O. The molecule has 0 aromatic heterocycles. The van der Waals surface area contributed by atoms with Crippen LogP contribution >= 0.6 is 0 Å². The molecule has 3 rings (SSSR count). The van der Waals surface area contributed by atoms with Gasteiger partial charge >= 0.3 is 0 Å². The lowest BCUT2D eigenvalue weighted by molar-refractivity contribution is -0.122. The Bertz CT molecular complexity index is 501. The highest BCUT2D eigenvalue weighted by Gasteiger charge is 2.26. The fourth-order valence-electron chi connectivity index (χ4n) is 3.22. The van der Waals surface area contributed by atoms with Gasteiger partial charge in [0.15, 0.2) is 0 Å². The number of hydrogen-bond donors (Lipinski definition) is 3. The third-order valence-corrected chi connectivity index (χ3v) is 4.63. The molecule has 2 saturated heterocycles. The SMILES string of the molecule is CC1CC(C(=O)NCCN2CCN(c3ccccc3)CC2)NN1. The van der Waals surface area contributed by atoms with Crippen molar-refractivity contribution in [1.29, 1.82) is 0 Å². The van der Waals surface area contributed by atoms with Crippen LogP contribution in [-0.4, -0.2) is 62.2 Å². The van der Waals surface area contributed by atoms with E-state index in [1.807, 2.05) is 0 Å². The van der Waals surface area contributed by atoms with Crippen molar-refractivity contribution in [2.75, 3.05) is 44.2 Å². The molecule has 0 bridgehead atoms. The summed E-state index contributed by atoms with van der Waals surface area (Å²) >= 11 is 0. The number of anilines is 1. The summed E-state index contributed by atoms with van der Waals surface area (Å²) in [7, 11) is 0. The molecule has 2 unspecified atom stereocenters. The topological polar surface area (TPSA) is 59.6 Å². The summed E-state index contributed by atoms with van der Waals surface area (Å²) in [5.74, 6) is 0.102. The molecule has 6 heteroatoms. The van der Waals surface area contributed by atoms with Crippen molar-refractivity contribution < 1.29 is 4.79 Å². The van der Waals surface area contributed by atoms with Crippen LogP contribution in [-0.2, 0) is 4.79 Å². The van der Waals surface area contributed by atoms with Crippen molar-refractivity contribution in [2.45, 2.75) is 25.4 Å². The summed E-state index contributed by atoms with van der Waals surface area (Å²) in [4.78, 5) is 16.9. The van der Waals surface area contributed by atoms with Crippen LogP contribution in [0.2, 0.25) is 0 Å². The number of hydrogen-bond acceptors (Lipinski definition) is 5. The molecule has 3 N–H and O–H groups in total. The number of benzene rings is 1. The number of para-hydroxylation sites is 1. The molecule has 0 radical (unpaired) electrons. The molecule has 1 aromatic rings. The summed E-state index contributed by atoms with van der Waals surface area (Å²) in [6, 6.07) is 10.8. The molecule has 2 heterocycles. The molecule has 2 aliphatic rings. The Kier molecular flexibility index (Phi) is 5.48. The van der Waals surface area contributed by atoms with Crippen molar-refractivity contribution in [1.82, 2.24) is 21.1 Å². The van der Waals surface area contributed by atoms with Crippen molar-refractivity contribution >= 4 is 11.6 Å². The second-order valence-corrected chi connectivity index (χ2v) is 6.43. The van der Waals surface area contributed by atoms with Gasteiger partial charge in [-0.1, -0.05) is 18.2 Å². The van der Waals surface area contributed by atoms with Gasteiger partial charge in [-0.05, 0) is 25.5 Å². The summed E-state index contributed by atoms with van der Waals surface area (Å²) in [6.07, 6.45) is 0.849. The Balaban J connectivity index is 1.34. The van der Waals surface area contributed by atoms with E-state index in [4.69, 9.17) is 0 Å². The smallest absolute Gasteiger partial charge is 0.238 e. The highest BCUT2D eigenvalue weighted by atomic mass is 16.2. The van der Waals surface area contributed by atoms with Gasteiger partial charge in [-0.15, -0.1) is 0 Å². The minimum Gasteiger partial charge on any atom is -0.369 e. The average Bonchev–Trinajstić information content (AvgIpc) is 3.03. The van der Waals surface area contributed by atoms with E-state index in [1.54, 1.807) is 0 Å². The first-order valence-corrected chi connectivity index (χ1v) is 8.53. The Labute approximate surface area is 138 Å². The molecule has 1 amide bonds. The van der Waals surface area contributed by atoms with Crippen molar-refractivity contribution in [3.63, 3.8) is 0 Å². The number of nitrogens with zero attached hydrogens (tertiary/aromatic N) is 2. The quantitative estimate of drug-likeness (QED) is 0.723. The minimum atomic E-state index is -0.0973. The molecule has 2 atom stereocenters. The summed E-state index contributed by atoms with van der Waals surface area (Å²) < 4.78 is 0. The highest BCUT2D eigenvalue weighted by molar-refractivity contribution is 5.82. The number of piperazine rings is 1. The van der Waals surface area contributed by atoms with Gasteiger partial charge in [0.2, 0.25) is 5.91 Å². The zero-order valence-electron chi connectivity index (χ0n) is 13.8. The maximum Gasteiger partial charge on any atom is 0.238 e. The van der Waals surface area contributed by atoms with Gasteiger partial charge in [-0.25, -0.2) is 5.43 Å². The second-order valence-electron chi connectivity index (χ2n) is 6.43. The fraction of sp³-hybridized carbons (Fsp3) is 0.588. The Morgan fingerprint density at radius 3 is 2.57 bits per heavy atom. The Morgan fingerprint density at radius 2 is 1.91 bits per heavy atom. The number of carbonyl (C=O) groups excluding carboxylic acids is 1. The van der Waals surface area contributed by atoms with E-state index in [0.717, 1.165) is 45.7 Å². The summed E-state index contributed by atoms with van der Waals surface area (Å²) in [5.41, 5.74) is 7.42. The van der Waals surface area contributed by atoms with E-state index < -0.39 is 0 Å². The van der Waals surface area contributed by atoms with E-state index in [0.29, 0.717) is 6.04 Å². The molecule has 2 aliphatic heterocycles. The van der Waals surface area contributed by atoms with E-state index >= 15 is 0 Å². The van der Waals surface area contributed by atoms with Crippen LogP contribution in [0.3, 0.4) is 0 Å². The summed E-state index contributed by atoms with van der Waals surface area (Å²) in [6.45, 7) is 7.90. The van der Waals surface area contributed by atoms with Gasteiger partial charge in [0.25, 0.3) is 0 Å². The summed E-state index contributed by atoms with van der Waals surface area (Å²) in [5, 5.41) is 3.04. The van der Waals surface area contributed by atoms with Gasteiger partial charge in [-0.3, -0.25) is 15.1 Å². The Hall–Kier alpha value is -1.63. The monoisotopic (exact) mass is 317 g/mol. The molecule has 6 nitrogen and oxygen atoms in total. The number of hydrazine groups is 1. The molecular weight excluding hydrogens is 290 g/mol. The first kappa shape index (κ1) is 16.2. The van der Waals surface area contributed by atoms with Gasteiger partial charge < -0.3 is 10.2 Å². The highest BCUT2D eigenvalue weighted by Crippen LogP contribution is 2.15. The number of rotatable bonds is 5. The largest absolute Gasteiger partial charge is 0.369 e. The molecule has 0 saturated carbocycles. The van der Waals surface area contributed by atoms with E-state index in [-0.39, 0.29) is 11.9 Å². The first-order valence-electron chi connectivity index (χ1n) is 8.53. The zero-order chi connectivity index (χ0) is 16.1. The molecule has 0 aliphatic carbocycles. The maximum atomic E-state index is 12.0. The third kappa shape index (κ3) is 4.43. The van der Waals surface area contributed by atoms with E-state index in [9.17, 15) is 4.79 Å². The lowest BCUT2D eigenvalue weighted by atomic mass is 10.1. The van der Waals surface area contributed by atoms with Gasteiger partial charge in [-0.2, -0.15) is 0 Å². The normalized spacial score (nSPS) is 25.5. The zero-order valence-corrected chi connectivity index (χ0v) is 13.8. The lowest BCUT2D eigenvalue weighted by Crippen LogP contribution is -2.50. The molecule has 126 valence electrons. The van der Waals surface area contributed by atoms with Crippen LogP contribution in [0, 0.1) is 0 Å². The van der Waals surface area contributed by atoms with Crippen LogP contribution < -0.4 is 21.1 Å². The minimum absolute atomic E-state index is 0.0973. The molecule has 23 heavy (non-hydrogen) atoms. The second kappa shape index (κ2) is 7.77. The van der Waals surface area contributed by atoms with Crippen LogP contribution in [0.1, 0.15) is 13.3 Å². The van der Waals surface area contributed by atoms with Crippen LogP contribution in [0.15, 0.2) is 30.3 Å². The van der Waals surface area contributed by atoms with Crippen molar-refractivity contribution in [3.8, 4) is 0 Å². The number of carbonyl (C=O) groups is 1. The fourth-order valence-corrected chi connectivity index (χ4v) is 3.22. The number of amides is 1. The standard InChI is InChI=1S/C17H27N5O/c1-14-13-16(20-19-14)17(23)18-7-8-21-9-11-22(12-10-21)15-5-3-2-4-6-15/h2-6,14,16,19-20H,7-13H2,1H3,(H,18,23). The predicted octanol–water partition coefficient (Wildman–Crippen LogP) is 0.180. The van der Waals surface area contributed by atoms with Gasteiger partial charge in [0.05, 0.1) is 0 Å².